The summed E-state index contributed by atoms with van der Waals surface area (Å²) in [6.45, 7) is 2.31. The summed E-state index contributed by atoms with van der Waals surface area (Å²) in [4.78, 5) is 37.7. The first-order chi connectivity index (χ1) is 22.5. The Bertz CT molecular complexity index is 1980. The summed E-state index contributed by atoms with van der Waals surface area (Å²) in [6, 6.07) is 9.85. The van der Waals surface area contributed by atoms with E-state index in [0.29, 0.717) is 59.8 Å². The Morgan fingerprint density at radius 2 is 2.04 bits per heavy atom. The molecule has 4 unspecified atom stereocenters. The third kappa shape index (κ3) is 4.53. The zero-order valence-electron chi connectivity index (χ0n) is 25.9. The topological polar surface area (TPSA) is 103 Å². The minimum atomic E-state index is -0.889. The molecule has 3 aliphatic carbocycles. The van der Waals surface area contributed by atoms with Crippen LogP contribution < -0.4 is 5.56 Å². The van der Waals surface area contributed by atoms with Gasteiger partial charge in [-0.1, -0.05) is 72.3 Å². The Morgan fingerprint density at radius 3 is 2.91 bits per heavy atom. The number of aliphatic hydroxyl groups is 1. The summed E-state index contributed by atoms with van der Waals surface area (Å²) in [5, 5.41) is 16.0. The van der Waals surface area contributed by atoms with Crippen LogP contribution in [0.1, 0.15) is 61.3 Å². The van der Waals surface area contributed by atoms with Crippen molar-refractivity contribution in [3.8, 4) is 11.4 Å². The van der Waals surface area contributed by atoms with Gasteiger partial charge in [-0.2, -0.15) is 0 Å². The number of para-hydroxylation sites is 1. The molecule has 8 nitrogen and oxygen atoms in total. The van der Waals surface area contributed by atoms with Gasteiger partial charge in [0.1, 0.15) is 13.2 Å². The Hall–Kier alpha value is -4.56. The molecule has 0 radical (unpaired) electrons. The maximum Gasteiger partial charge on any atom is 0.307 e. The highest BCUT2D eigenvalue weighted by molar-refractivity contribution is 6.02. The molecule has 0 saturated heterocycles. The van der Waals surface area contributed by atoms with Crippen LogP contribution in [0.25, 0.3) is 22.3 Å². The average Bonchev–Trinajstić information content (AvgIpc) is 3.38. The normalized spacial score (nSPS) is 26.0. The molecular formula is C38H37N3O5. The van der Waals surface area contributed by atoms with Crippen molar-refractivity contribution in [1.29, 1.82) is 0 Å². The highest BCUT2D eigenvalue weighted by Gasteiger charge is 2.41. The zero-order valence-corrected chi connectivity index (χ0v) is 25.9. The fraction of sp³-hybridized carbons (Fsp3) is 0.368. The van der Waals surface area contributed by atoms with Crippen molar-refractivity contribution in [2.24, 2.45) is 22.9 Å². The van der Waals surface area contributed by atoms with E-state index in [0.717, 1.165) is 34.9 Å². The third-order valence-corrected chi connectivity index (χ3v) is 10.9. The lowest BCUT2D eigenvalue weighted by molar-refractivity contribution is -0.146. The molecule has 0 amide bonds. The lowest BCUT2D eigenvalue weighted by Crippen LogP contribution is -2.35. The van der Waals surface area contributed by atoms with Crippen molar-refractivity contribution in [2.75, 3.05) is 13.2 Å². The molecule has 5 aliphatic rings. The summed E-state index contributed by atoms with van der Waals surface area (Å²) in [6.07, 6.45) is 19.1. The molecule has 1 aromatic carbocycles. The van der Waals surface area contributed by atoms with Crippen LogP contribution in [0.2, 0.25) is 0 Å². The fourth-order valence-corrected chi connectivity index (χ4v) is 8.35. The van der Waals surface area contributed by atoms with Crippen molar-refractivity contribution < 1.29 is 19.5 Å². The number of hydrogen-bond acceptors (Lipinski definition) is 7. The maximum atomic E-state index is 14.0. The van der Waals surface area contributed by atoms with Gasteiger partial charge < -0.3 is 19.2 Å². The van der Waals surface area contributed by atoms with Crippen LogP contribution in [0.5, 0.6) is 0 Å². The lowest BCUT2D eigenvalue weighted by atomic mass is 9.66. The molecule has 4 atom stereocenters. The van der Waals surface area contributed by atoms with Crippen molar-refractivity contribution in [2.45, 2.75) is 57.6 Å². The Labute approximate surface area is 267 Å². The molecule has 4 heterocycles. The molecule has 0 fully saturated rings. The number of allylic oxidation sites excluding steroid dienone is 7. The summed E-state index contributed by atoms with van der Waals surface area (Å²) >= 11 is 0. The first-order valence-electron chi connectivity index (χ1n) is 16.3. The predicted octanol–water partition coefficient (Wildman–Crippen LogP) is 5.89. The Balaban J connectivity index is 1.18. The number of aliphatic hydroxyl groups excluding tert-OH is 1. The van der Waals surface area contributed by atoms with Crippen LogP contribution in [0.3, 0.4) is 0 Å². The van der Waals surface area contributed by atoms with E-state index in [4.69, 9.17) is 14.6 Å². The van der Waals surface area contributed by atoms with E-state index in [-0.39, 0.29) is 25.2 Å². The van der Waals surface area contributed by atoms with Crippen LogP contribution in [-0.4, -0.2) is 40.1 Å². The van der Waals surface area contributed by atoms with Gasteiger partial charge >= 0.3 is 5.97 Å². The van der Waals surface area contributed by atoms with Gasteiger partial charge in [-0.15, -0.1) is 0 Å². The molecular weight excluding hydrogens is 578 g/mol. The van der Waals surface area contributed by atoms with Crippen LogP contribution in [0.15, 0.2) is 87.9 Å². The van der Waals surface area contributed by atoms with Crippen molar-refractivity contribution in [3.63, 3.8) is 0 Å². The van der Waals surface area contributed by atoms with E-state index in [9.17, 15) is 14.7 Å². The van der Waals surface area contributed by atoms with E-state index in [1.165, 1.54) is 17.6 Å². The van der Waals surface area contributed by atoms with E-state index in [2.05, 4.69) is 41.6 Å². The number of esters is 1. The molecule has 1 N–H and O–H groups in total. The number of benzene rings is 1. The molecule has 46 heavy (non-hydrogen) atoms. The molecule has 8 heteroatoms. The number of nitrogens with zero attached hydrogens (tertiary/aromatic N) is 3. The maximum absolute atomic E-state index is 14.0. The second-order valence-electron chi connectivity index (χ2n) is 13.2. The van der Waals surface area contributed by atoms with Gasteiger partial charge in [-0.05, 0) is 60.8 Å². The first kappa shape index (κ1) is 28.9. The first-order valence-corrected chi connectivity index (χ1v) is 16.3. The number of ether oxygens (including phenoxy) is 1. The fourth-order valence-electron chi connectivity index (χ4n) is 8.35. The van der Waals surface area contributed by atoms with Crippen LogP contribution >= 0.6 is 0 Å². The van der Waals surface area contributed by atoms with Gasteiger partial charge in [-0.3, -0.25) is 9.59 Å². The highest BCUT2D eigenvalue weighted by atomic mass is 16.6. The molecule has 2 aliphatic heterocycles. The second-order valence-corrected chi connectivity index (χ2v) is 13.2. The van der Waals surface area contributed by atoms with E-state index < -0.39 is 11.4 Å². The molecule has 0 spiro atoms. The van der Waals surface area contributed by atoms with Gasteiger partial charge in [0.2, 0.25) is 0 Å². The number of oxime groups is 1. The number of pyridine rings is 2. The SMILES string of the molecule is CCC1(CO)CC(=O)OCc2c1cc1n(c2=O)Cc2c-1nc1ccccc1c2/C=N/OCC1=C2CC=CCC2CC2C=CC=CC12. The Kier molecular flexibility index (Phi) is 7.13. The molecule has 0 saturated carbocycles. The molecule has 2 aromatic heterocycles. The monoisotopic (exact) mass is 615 g/mol. The molecule has 0 bridgehead atoms. The third-order valence-electron chi connectivity index (χ3n) is 10.9. The van der Waals surface area contributed by atoms with Crippen molar-refractivity contribution >= 4 is 23.1 Å². The van der Waals surface area contributed by atoms with E-state index >= 15 is 0 Å². The van der Waals surface area contributed by atoms with E-state index in [1.807, 2.05) is 37.3 Å². The van der Waals surface area contributed by atoms with Gasteiger partial charge in [-0.25, -0.2) is 4.98 Å². The number of carbonyl (C=O) groups excluding carboxylic acids is 1. The largest absolute Gasteiger partial charge is 0.461 e. The van der Waals surface area contributed by atoms with Gasteiger partial charge in [0.15, 0.2) is 0 Å². The minimum Gasteiger partial charge on any atom is -0.461 e. The van der Waals surface area contributed by atoms with Crippen molar-refractivity contribution in [1.82, 2.24) is 9.55 Å². The molecule has 3 aromatic rings. The smallest absolute Gasteiger partial charge is 0.307 e. The minimum absolute atomic E-state index is 0.0199. The summed E-state index contributed by atoms with van der Waals surface area (Å²) in [5.41, 5.74) is 6.75. The summed E-state index contributed by atoms with van der Waals surface area (Å²) in [5.74, 6) is 0.985. The highest BCUT2D eigenvalue weighted by Crippen LogP contribution is 2.46. The number of rotatable bonds is 6. The number of hydrogen-bond donors (Lipinski definition) is 1. The Morgan fingerprint density at radius 1 is 1.17 bits per heavy atom. The number of aromatic nitrogens is 2. The molecule has 234 valence electrons. The van der Waals surface area contributed by atoms with Crippen molar-refractivity contribution in [3.05, 3.63) is 111 Å². The molecule has 8 rings (SSSR count). The number of fused-ring (bicyclic) bond motifs is 7. The number of carbonyl (C=O) groups is 1. The lowest BCUT2D eigenvalue weighted by Gasteiger charge is -2.39. The average molecular weight is 616 g/mol. The van der Waals surface area contributed by atoms with Crippen LogP contribution in [-0.2, 0) is 32.9 Å². The van der Waals surface area contributed by atoms with E-state index in [1.54, 1.807) is 10.8 Å². The quantitative estimate of drug-likeness (QED) is 0.126. The van der Waals surface area contributed by atoms with Gasteiger partial charge in [0.05, 0.1) is 48.3 Å². The van der Waals surface area contributed by atoms with Gasteiger partial charge in [0, 0.05) is 27.8 Å². The standard InChI is InChI=1S/C38H37N3O5/c1-2-38(22-42)17-35(43)45-20-31-32(38)16-34-36-29(19-41(34)37(31)44)28(27-13-7-8-14-33(27)40-36)18-39-46-21-30-25-11-5-3-9-23(25)15-24-10-4-6-12-26(24)30/h3-9,11,13-14,16,18,23-25,42H,2,10,12,15,17,19-22H2,1H3/b39-18+. The summed E-state index contributed by atoms with van der Waals surface area (Å²) < 4.78 is 7.15. The van der Waals surface area contributed by atoms with Crippen LogP contribution in [0.4, 0.5) is 0 Å². The zero-order chi connectivity index (χ0) is 31.4. The second kappa shape index (κ2) is 11.4. The van der Waals surface area contributed by atoms with Crippen LogP contribution in [0, 0.1) is 17.8 Å². The van der Waals surface area contributed by atoms with Gasteiger partial charge in [0.25, 0.3) is 5.56 Å². The predicted molar refractivity (Wildman–Crippen MR) is 176 cm³/mol. The summed E-state index contributed by atoms with van der Waals surface area (Å²) in [7, 11) is 0. The number of cyclic esters (lactones) is 1.